The highest BCUT2D eigenvalue weighted by Crippen LogP contribution is 2.20. The van der Waals surface area contributed by atoms with Crippen molar-refractivity contribution in [1.82, 2.24) is 19.3 Å². The second-order valence-corrected chi connectivity index (χ2v) is 7.99. The lowest BCUT2D eigenvalue weighted by Gasteiger charge is -2.09. The molecule has 6 nitrogen and oxygen atoms in total. The molecule has 0 radical (unpaired) electrons. The van der Waals surface area contributed by atoms with Crippen LogP contribution >= 0.6 is 11.8 Å². The third-order valence-electron chi connectivity index (χ3n) is 4.69. The fourth-order valence-electron chi connectivity index (χ4n) is 2.99. The summed E-state index contributed by atoms with van der Waals surface area (Å²) in [6.45, 7) is 7.14. The van der Waals surface area contributed by atoms with Crippen molar-refractivity contribution in [3.8, 4) is 0 Å². The van der Waals surface area contributed by atoms with Crippen LogP contribution in [-0.2, 0) is 24.8 Å². The number of nitrogens with one attached hydrogen (secondary N) is 1. The summed E-state index contributed by atoms with van der Waals surface area (Å²) in [7, 11) is 2.02. The Balaban J connectivity index is 1.59. The monoisotopic (exact) mass is 397 g/mol. The van der Waals surface area contributed by atoms with Gasteiger partial charge in [-0.3, -0.25) is 4.79 Å². The van der Waals surface area contributed by atoms with E-state index in [0.717, 1.165) is 29.6 Å². The van der Waals surface area contributed by atoms with E-state index in [4.69, 9.17) is 0 Å². The molecule has 3 aromatic rings. The Bertz CT molecular complexity index is 927. The van der Waals surface area contributed by atoms with E-state index in [0.29, 0.717) is 11.7 Å². The zero-order valence-electron chi connectivity index (χ0n) is 16.8. The van der Waals surface area contributed by atoms with Gasteiger partial charge in [-0.2, -0.15) is 0 Å². The summed E-state index contributed by atoms with van der Waals surface area (Å²) in [5, 5.41) is 12.4. The van der Waals surface area contributed by atoms with E-state index < -0.39 is 0 Å². The molecular weight excluding hydrogens is 370 g/mol. The predicted molar refractivity (Wildman–Crippen MR) is 114 cm³/mol. The molecule has 0 bridgehead atoms. The van der Waals surface area contributed by atoms with Gasteiger partial charge in [0.1, 0.15) is 5.82 Å². The molecular formula is C21H27N5OS. The molecule has 0 spiro atoms. The molecule has 1 amide bonds. The molecule has 7 heteroatoms. The van der Waals surface area contributed by atoms with Crippen LogP contribution < -0.4 is 5.32 Å². The van der Waals surface area contributed by atoms with E-state index in [2.05, 4.69) is 63.6 Å². The molecule has 0 saturated carbocycles. The normalized spacial score (nSPS) is 11.2. The van der Waals surface area contributed by atoms with Gasteiger partial charge in [0.05, 0.1) is 5.75 Å². The van der Waals surface area contributed by atoms with Crippen LogP contribution in [0.1, 0.15) is 43.8 Å². The zero-order valence-corrected chi connectivity index (χ0v) is 17.7. The minimum Gasteiger partial charge on any atom is -0.354 e. The van der Waals surface area contributed by atoms with Gasteiger partial charge in [-0.1, -0.05) is 37.7 Å². The molecule has 0 atom stereocenters. The molecule has 3 rings (SSSR count). The number of nitrogens with zero attached hydrogens (tertiary/aromatic N) is 4. The Morgan fingerprint density at radius 1 is 1.18 bits per heavy atom. The molecule has 0 fully saturated rings. The first-order valence-electron chi connectivity index (χ1n) is 9.52. The molecule has 2 heterocycles. The molecule has 0 aliphatic heterocycles. The molecule has 148 valence electrons. The number of hydrogen-bond acceptors (Lipinski definition) is 4. The van der Waals surface area contributed by atoms with Crippen LogP contribution in [0.4, 0.5) is 5.69 Å². The number of aromatic nitrogens is 4. The van der Waals surface area contributed by atoms with Gasteiger partial charge < -0.3 is 14.5 Å². The quantitative estimate of drug-likeness (QED) is 0.582. The smallest absolute Gasteiger partial charge is 0.234 e. The lowest BCUT2D eigenvalue weighted by Crippen LogP contribution is -2.15. The van der Waals surface area contributed by atoms with E-state index in [9.17, 15) is 4.79 Å². The Morgan fingerprint density at radius 3 is 2.54 bits per heavy atom. The Morgan fingerprint density at radius 2 is 1.93 bits per heavy atom. The molecule has 1 aromatic carbocycles. The second-order valence-electron chi connectivity index (χ2n) is 7.04. The maximum atomic E-state index is 12.3. The van der Waals surface area contributed by atoms with Crippen LogP contribution in [-0.4, -0.2) is 31.0 Å². The highest BCUT2D eigenvalue weighted by atomic mass is 32.2. The lowest BCUT2D eigenvalue weighted by molar-refractivity contribution is -0.113. The Labute approximate surface area is 170 Å². The average molecular weight is 398 g/mol. The third kappa shape index (κ3) is 4.84. The second kappa shape index (κ2) is 9.10. The summed E-state index contributed by atoms with van der Waals surface area (Å²) < 4.78 is 4.15. The fraction of sp³-hybridized carbons (Fsp3) is 0.381. The van der Waals surface area contributed by atoms with Crippen LogP contribution in [0.15, 0.2) is 47.8 Å². The van der Waals surface area contributed by atoms with Gasteiger partial charge in [0.25, 0.3) is 0 Å². The molecule has 2 aromatic heterocycles. The van der Waals surface area contributed by atoms with Gasteiger partial charge in [0.2, 0.25) is 5.91 Å². The van der Waals surface area contributed by atoms with Crippen molar-refractivity contribution in [2.75, 3.05) is 11.1 Å². The highest BCUT2D eigenvalue weighted by molar-refractivity contribution is 7.99. The number of rotatable bonds is 8. The Hall–Kier alpha value is -2.54. The van der Waals surface area contributed by atoms with Crippen LogP contribution in [0.3, 0.4) is 0 Å². The number of carbonyl (C=O) groups is 1. The molecule has 0 aliphatic carbocycles. The van der Waals surface area contributed by atoms with E-state index in [1.807, 2.05) is 31.4 Å². The minimum atomic E-state index is -0.0445. The van der Waals surface area contributed by atoms with Crippen molar-refractivity contribution < 1.29 is 4.79 Å². The van der Waals surface area contributed by atoms with Crippen molar-refractivity contribution in [1.29, 1.82) is 0 Å². The minimum absolute atomic E-state index is 0.0445. The van der Waals surface area contributed by atoms with E-state index in [1.165, 1.54) is 23.0 Å². The highest BCUT2D eigenvalue weighted by Gasteiger charge is 2.14. The number of thioether (sulfide) groups is 1. The van der Waals surface area contributed by atoms with Gasteiger partial charge in [-0.05, 0) is 42.7 Å². The first-order chi connectivity index (χ1) is 13.5. The number of anilines is 1. The number of amides is 1. The standard InChI is InChI=1S/C21H27N5OS/c1-5-26-19(13-18-7-6-12-25(18)4)23-24-21(26)28-14-20(27)22-17-10-8-16(9-11-17)15(2)3/h6-12,15H,5,13-14H2,1-4H3,(H,22,27). The van der Waals surface area contributed by atoms with Gasteiger partial charge in [0, 0.05) is 37.6 Å². The first-order valence-corrected chi connectivity index (χ1v) is 10.5. The summed E-state index contributed by atoms with van der Waals surface area (Å²) in [4.78, 5) is 12.3. The van der Waals surface area contributed by atoms with Gasteiger partial charge >= 0.3 is 0 Å². The van der Waals surface area contributed by atoms with Gasteiger partial charge in [-0.25, -0.2) is 0 Å². The summed E-state index contributed by atoms with van der Waals surface area (Å²) >= 11 is 1.42. The number of hydrogen-bond donors (Lipinski definition) is 1. The zero-order chi connectivity index (χ0) is 20.1. The van der Waals surface area contributed by atoms with E-state index >= 15 is 0 Å². The van der Waals surface area contributed by atoms with E-state index in [1.54, 1.807) is 0 Å². The topological polar surface area (TPSA) is 64.7 Å². The van der Waals surface area contributed by atoms with Crippen molar-refractivity contribution in [3.05, 3.63) is 59.7 Å². The first kappa shape index (κ1) is 20.2. The van der Waals surface area contributed by atoms with Crippen LogP contribution in [0, 0.1) is 0 Å². The molecule has 0 aliphatic rings. The number of aryl methyl sites for hydroxylation is 1. The summed E-state index contributed by atoms with van der Waals surface area (Å²) in [6, 6.07) is 12.1. The maximum Gasteiger partial charge on any atom is 0.234 e. The Kier molecular flexibility index (Phi) is 6.57. The van der Waals surface area contributed by atoms with Gasteiger partial charge in [-0.15, -0.1) is 10.2 Å². The number of benzene rings is 1. The summed E-state index contributed by atoms with van der Waals surface area (Å²) in [5.41, 5.74) is 3.26. The summed E-state index contributed by atoms with van der Waals surface area (Å²) in [5.74, 6) is 1.65. The van der Waals surface area contributed by atoms with Crippen LogP contribution in [0.5, 0.6) is 0 Å². The molecule has 0 unspecified atom stereocenters. The number of carbonyl (C=O) groups excluding carboxylic acids is 1. The SMILES string of the molecule is CCn1c(Cc2cccn2C)nnc1SCC(=O)Nc1ccc(C(C)C)cc1. The van der Waals surface area contributed by atoms with Crippen molar-refractivity contribution >= 4 is 23.4 Å². The third-order valence-corrected chi connectivity index (χ3v) is 5.66. The molecule has 1 N–H and O–H groups in total. The average Bonchev–Trinajstić information content (AvgIpc) is 3.26. The largest absolute Gasteiger partial charge is 0.354 e. The summed E-state index contributed by atoms with van der Waals surface area (Å²) in [6.07, 6.45) is 2.75. The van der Waals surface area contributed by atoms with Gasteiger partial charge in [0.15, 0.2) is 5.16 Å². The lowest BCUT2D eigenvalue weighted by atomic mass is 10.0. The maximum absolute atomic E-state index is 12.3. The predicted octanol–water partition coefficient (Wildman–Crippen LogP) is 4.08. The molecule has 28 heavy (non-hydrogen) atoms. The molecule has 0 saturated heterocycles. The van der Waals surface area contributed by atoms with Crippen molar-refractivity contribution in [2.45, 2.75) is 44.8 Å². The van der Waals surface area contributed by atoms with E-state index in [-0.39, 0.29) is 5.91 Å². The fourth-order valence-corrected chi connectivity index (χ4v) is 3.82. The van der Waals surface area contributed by atoms with Crippen LogP contribution in [0.2, 0.25) is 0 Å². The van der Waals surface area contributed by atoms with Crippen LogP contribution in [0.25, 0.3) is 0 Å². The van der Waals surface area contributed by atoms with Crippen molar-refractivity contribution in [3.63, 3.8) is 0 Å². The van der Waals surface area contributed by atoms with Crippen molar-refractivity contribution in [2.24, 2.45) is 7.05 Å².